The van der Waals surface area contributed by atoms with Gasteiger partial charge in [0.1, 0.15) is 17.1 Å². The maximum absolute atomic E-state index is 6.44. The molecule has 1 N–H and O–H groups in total. The fourth-order valence-corrected chi connectivity index (χ4v) is 3.48. The molecule has 4 nitrogen and oxygen atoms in total. The number of rotatable bonds is 4. The molecule has 2 unspecified atom stereocenters. The number of nitrogens with zero attached hydrogens (tertiary/aromatic N) is 1. The van der Waals surface area contributed by atoms with Crippen LogP contribution in [0.2, 0.25) is 0 Å². The van der Waals surface area contributed by atoms with Gasteiger partial charge in [-0.15, -0.1) is 0 Å². The fraction of sp³-hybridized carbons (Fsp3) is 0.667. The van der Waals surface area contributed by atoms with Crippen molar-refractivity contribution in [2.24, 2.45) is 5.92 Å². The van der Waals surface area contributed by atoms with Crippen molar-refractivity contribution >= 4 is 0 Å². The van der Waals surface area contributed by atoms with Crippen LogP contribution in [0, 0.1) is 5.92 Å². The van der Waals surface area contributed by atoms with E-state index >= 15 is 0 Å². The molecule has 0 aromatic heterocycles. The average molecular weight is 304 g/mol. The summed E-state index contributed by atoms with van der Waals surface area (Å²) in [6.07, 6.45) is 2.09. The SMILES string of the molecule is CC(C)COc1cccc2c1C(N(C)C)CC1(CCNC1)O2. The molecule has 22 heavy (non-hydrogen) atoms. The van der Waals surface area contributed by atoms with Crippen LogP contribution in [0.4, 0.5) is 0 Å². The summed E-state index contributed by atoms with van der Waals surface area (Å²) in [6, 6.07) is 6.55. The summed E-state index contributed by atoms with van der Waals surface area (Å²) in [5.74, 6) is 2.49. The van der Waals surface area contributed by atoms with Crippen molar-refractivity contribution in [2.75, 3.05) is 33.8 Å². The zero-order valence-corrected chi connectivity index (χ0v) is 14.2. The normalized spacial score (nSPS) is 27.3. The van der Waals surface area contributed by atoms with E-state index in [1.54, 1.807) is 0 Å². The molecule has 0 radical (unpaired) electrons. The average Bonchev–Trinajstić information content (AvgIpc) is 2.91. The minimum absolute atomic E-state index is 0.0569. The molecule has 1 saturated heterocycles. The Morgan fingerprint density at radius 1 is 1.41 bits per heavy atom. The van der Waals surface area contributed by atoms with Crippen molar-refractivity contribution in [3.05, 3.63) is 23.8 Å². The molecule has 0 saturated carbocycles. The maximum atomic E-state index is 6.44. The summed E-state index contributed by atoms with van der Waals surface area (Å²) < 4.78 is 12.5. The third-order valence-corrected chi connectivity index (χ3v) is 4.65. The minimum atomic E-state index is -0.0569. The van der Waals surface area contributed by atoms with E-state index in [0.29, 0.717) is 12.0 Å². The fourth-order valence-electron chi connectivity index (χ4n) is 3.48. The first-order valence-corrected chi connectivity index (χ1v) is 8.33. The Labute approximate surface area is 133 Å². The molecule has 4 heteroatoms. The van der Waals surface area contributed by atoms with Crippen molar-refractivity contribution in [3.8, 4) is 11.5 Å². The molecule has 3 rings (SSSR count). The van der Waals surface area contributed by atoms with E-state index in [1.807, 2.05) is 6.07 Å². The molecule has 0 amide bonds. The Kier molecular flexibility index (Phi) is 4.33. The number of hydrogen-bond donors (Lipinski definition) is 1. The molecular formula is C18H28N2O2. The van der Waals surface area contributed by atoms with Crippen LogP contribution < -0.4 is 14.8 Å². The van der Waals surface area contributed by atoms with E-state index in [4.69, 9.17) is 9.47 Å². The van der Waals surface area contributed by atoms with Gasteiger partial charge in [-0.3, -0.25) is 0 Å². The molecule has 1 aromatic rings. The largest absolute Gasteiger partial charge is 0.493 e. The highest BCUT2D eigenvalue weighted by Crippen LogP contribution is 2.47. The Morgan fingerprint density at radius 2 is 2.23 bits per heavy atom. The van der Waals surface area contributed by atoms with Crippen molar-refractivity contribution in [1.82, 2.24) is 10.2 Å². The summed E-state index contributed by atoms with van der Waals surface area (Å²) >= 11 is 0. The molecule has 122 valence electrons. The predicted molar refractivity (Wildman–Crippen MR) is 88.7 cm³/mol. The van der Waals surface area contributed by atoms with E-state index in [9.17, 15) is 0 Å². The smallest absolute Gasteiger partial charge is 0.128 e. The second-order valence-corrected chi connectivity index (χ2v) is 7.27. The van der Waals surface area contributed by atoms with Crippen LogP contribution >= 0.6 is 0 Å². The van der Waals surface area contributed by atoms with Crippen molar-refractivity contribution < 1.29 is 9.47 Å². The Balaban J connectivity index is 1.95. The predicted octanol–water partition coefficient (Wildman–Crippen LogP) is 2.84. The first-order valence-electron chi connectivity index (χ1n) is 8.33. The maximum Gasteiger partial charge on any atom is 0.128 e. The van der Waals surface area contributed by atoms with Gasteiger partial charge in [-0.05, 0) is 38.7 Å². The Morgan fingerprint density at radius 3 is 2.86 bits per heavy atom. The van der Waals surface area contributed by atoms with E-state index in [0.717, 1.165) is 44.0 Å². The van der Waals surface area contributed by atoms with Crippen LogP contribution in [0.25, 0.3) is 0 Å². The van der Waals surface area contributed by atoms with E-state index in [1.165, 1.54) is 5.56 Å². The number of benzene rings is 1. The molecule has 0 bridgehead atoms. The number of hydrogen-bond acceptors (Lipinski definition) is 4. The highest BCUT2D eigenvalue weighted by atomic mass is 16.5. The lowest BCUT2D eigenvalue weighted by atomic mass is 9.85. The zero-order valence-electron chi connectivity index (χ0n) is 14.2. The van der Waals surface area contributed by atoms with Gasteiger partial charge >= 0.3 is 0 Å². The van der Waals surface area contributed by atoms with Crippen LogP contribution in [0.15, 0.2) is 18.2 Å². The van der Waals surface area contributed by atoms with Crippen LogP contribution in [0.5, 0.6) is 11.5 Å². The van der Waals surface area contributed by atoms with Gasteiger partial charge in [0, 0.05) is 25.4 Å². The molecule has 2 heterocycles. The van der Waals surface area contributed by atoms with Crippen LogP contribution in [-0.2, 0) is 0 Å². The van der Waals surface area contributed by atoms with E-state index in [2.05, 4.69) is 50.3 Å². The van der Waals surface area contributed by atoms with Gasteiger partial charge in [0.05, 0.1) is 12.2 Å². The highest BCUT2D eigenvalue weighted by Gasteiger charge is 2.44. The lowest BCUT2D eigenvalue weighted by molar-refractivity contribution is 0.0271. The molecule has 2 aliphatic rings. The van der Waals surface area contributed by atoms with Gasteiger partial charge in [0.15, 0.2) is 0 Å². The number of nitrogens with one attached hydrogen (secondary N) is 1. The van der Waals surface area contributed by atoms with Gasteiger partial charge in [-0.2, -0.15) is 0 Å². The highest BCUT2D eigenvalue weighted by molar-refractivity contribution is 5.49. The molecule has 1 fully saturated rings. The third kappa shape index (κ3) is 2.95. The third-order valence-electron chi connectivity index (χ3n) is 4.65. The Hall–Kier alpha value is -1.26. The first kappa shape index (κ1) is 15.6. The van der Waals surface area contributed by atoms with Gasteiger partial charge in [-0.25, -0.2) is 0 Å². The summed E-state index contributed by atoms with van der Waals surface area (Å²) in [5, 5.41) is 3.45. The zero-order chi connectivity index (χ0) is 15.7. The molecule has 1 aromatic carbocycles. The van der Waals surface area contributed by atoms with Crippen LogP contribution in [0.3, 0.4) is 0 Å². The second kappa shape index (κ2) is 6.09. The standard InChI is InChI=1S/C18H28N2O2/c1-13(2)11-21-15-6-5-7-16-17(15)14(20(3)4)10-18(22-16)8-9-19-12-18/h5-7,13-14,19H,8-12H2,1-4H3. The van der Waals surface area contributed by atoms with Crippen molar-refractivity contribution in [2.45, 2.75) is 38.3 Å². The van der Waals surface area contributed by atoms with Gasteiger partial charge in [0.2, 0.25) is 0 Å². The van der Waals surface area contributed by atoms with Crippen molar-refractivity contribution in [1.29, 1.82) is 0 Å². The van der Waals surface area contributed by atoms with Gasteiger partial charge in [-0.1, -0.05) is 19.9 Å². The second-order valence-electron chi connectivity index (χ2n) is 7.27. The minimum Gasteiger partial charge on any atom is -0.493 e. The lowest BCUT2D eigenvalue weighted by Crippen LogP contribution is -2.45. The monoisotopic (exact) mass is 304 g/mol. The van der Waals surface area contributed by atoms with Gasteiger partial charge in [0.25, 0.3) is 0 Å². The molecule has 2 aliphatic heterocycles. The van der Waals surface area contributed by atoms with Crippen molar-refractivity contribution in [3.63, 3.8) is 0 Å². The number of fused-ring (bicyclic) bond motifs is 1. The molecular weight excluding hydrogens is 276 g/mol. The van der Waals surface area contributed by atoms with Crippen LogP contribution in [0.1, 0.15) is 38.3 Å². The van der Waals surface area contributed by atoms with Crippen LogP contribution in [-0.4, -0.2) is 44.3 Å². The van der Waals surface area contributed by atoms with Gasteiger partial charge < -0.3 is 19.7 Å². The first-order chi connectivity index (χ1) is 10.5. The molecule has 2 atom stereocenters. The molecule has 1 spiro atoms. The number of ether oxygens (including phenoxy) is 2. The van der Waals surface area contributed by atoms with E-state index in [-0.39, 0.29) is 5.60 Å². The lowest BCUT2D eigenvalue weighted by Gasteiger charge is -2.42. The van der Waals surface area contributed by atoms with E-state index < -0.39 is 0 Å². The molecule has 0 aliphatic carbocycles. The Bertz CT molecular complexity index is 522. The summed E-state index contributed by atoms with van der Waals surface area (Å²) in [5.41, 5.74) is 1.16. The summed E-state index contributed by atoms with van der Waals surface area (Å²) in [7, 11) is 4.30. The summed E-state index contributed by atoms with van der Waals surface area (Å²) in [4.78, 5) is 2.30. The summed E-state index contributed by atoms with van der Waals surface area (Å²) in [6.45, 7) is 7.07. The topological polar surface area (TPSA) is 33.7 Å². The quantitative estimate of drug-likeness (QED) is 0.927.